The van der Waals surface area contributed by atoms with Gasteiger partial charge in [0.2, 0.25) is 0 Å². The molecule has 0 spiro atoms. The van der Waals surface area contributed by atoms with E-state index in [0.29, 0.717) is 18.4 Å². The lowest BCUT2D eigenvalue weighted by Gasteiger charge is -2.30. The van der Waals surface area contributed by atoms with E-state index in [1.807, 2.05) is 0 Å². The number of benzene rings is 1. The van der Waals surface area contributed by atoms with Crippen LogP contribution in [0.5, 0.6) is 0 Å². The second-order valence-electron chi connectivity index (χ2n) is 5.18. The number of alkyl carbamates (subject to hydrolysis) is 1. The standard InChI is InChI=1S/C16H20FNO3/c1-2-21-16(20)18-15(11-7-3-5-9-13(11)17)12-8-4-6-10-14(12)19/h3,5,7,9,12,15H,2,4,6,8,10H2,1H3,(H,18,20). The number of ketones is 1. The van der Waals surface area contributed by atoms with Gasteiger partial charge >= 0.3 is 6.09 Å². The fourth-order valence-corrected chi connectivity index (χ4v) is 2.78. The van der Waals surface area contributed by atoms with Gasteiger partial charge in [0.15, 0.2) is 0 Å². The van der Waals surface area contributed by atoms with Crippen LogP contribution in [-0.4, -0.2) is 18.5 Å². The van der Waals surface area contributed by atoms with Crippen LogP contribution in [0.1, 0.15) is 44.2 Å². The van der Waals surface area contributed by atoms with Gasteiger partial charge in [-0.05, 0) is 25.8 Å². The molecule has 2 rings (SSSR count). The topological polar surface area (TPSA) is 55.4 Å². The Bertz CT molecular complexity index is 518. The zero-order valence-electron chi connectivity index (χ0n) is 12.1. The highest BCUT2D eigenvalue weighted by atomic mass is 19.1. The molecule has 0 aromatic heterocycles. The van der Waals surface area contributed by atoms with Gasteiger partial charge in [0.25, 0.3) is 0 Å². The predicted molar refractivity (Wildman–Crippen MR) is 76.3 cm³/mol. The molecular weight excluding hydrogens is 273 g/mol. The van der Waals surface area contributed by atoms with Gasteiger partial charge in [0, 0.05) is 17.9 Å². The summed E-state index contributed by atoms with van der Waals surface area (Å²) in [6, 6.07) is 5.56. The molecule has 1 aliphatic carbocycles. The highest BCUT2D eigenvalue weighted by Crippen LogP contribution is 2.33. The van der Waals surface area contributed by atoms with Crippen molar-refractivity contribution in [3.8, 4) is 0 Å². The summed E-state index contributed by atoms with van der Waals surface area (Å²) in [5.41, 5.74) is 0.339. The molecule has 1 aromatic carbocycles. The van der Waals surface area contributed by atoms with Crippen molar-refractivity contribution in [2.24, 2.45) is 5.92 Å². The molecule has 21 heavy (non-hydrogen) atoms. The van der Waals surface area contributed by atoms with Crippen LogP contribution in [0.4, 0.5) is 9.18 Å². The molecular formula is C16H20FNO3. The number of hydrogen-bond acceptors (Lipinski definition) is 3. The Labute approximate surface area is 123 Å². The van der Waals surface area contributed by atoms with Crippen LogP contribution < -0.4 is 5.32 Å². The van der Waals surface area contributed by atoms with Gasteiger partial charge in [0.1, 0.15) is 11.6 Å². The van der Waals surface area contributed by atoms with Crippen molar-refractivity contribution in [1.82, 2.24) is 5.32 Å². The maximum absolute atomic E-state index is 14.1. The minimum atomic E-state index is -0.668. The van der Waals surface area contributed by atoms with Crippen LogP contribution in [0, 0.1) is 11.7 Å². The predicted octanol–water partition coefficient (Wildman–Crippen LogP) is 3.37. The number of amides is 1. The van der Waals surface area contributed by atoms with Crippen molar-refractivity contribution >= 4 is 11.9 Å². The van der Waals surface area contributed by atoms with Crippen molar-refractivity contribution in [3.63, 3.8) is 0 Å². The number of carbonyl (C=O) groups excluding carboxylic acids is 2. The number of ether oxygens (including phenoxy) is 1. The summed E-state index contributed by atoms with van der Waals surface area (Å²) in [5, 5.41) is 2.65. The summed E-state index contributed by atoms with van der Waals surface area (Å²) in [5.74, 6) is -0.732. The van der Waals surface area contributed by atoms with Gasteiger partial charge in [0.05, 0.1) is 12.6 Å². The fraction of sp³-hybridized carbons (Fsp3) is 0.500. The fourth-order valence-electron chi connectivity index (χ4n) is 2.78. The molecule has 0 heterocycles. The quantitative estimate of drug-likeness (QED) is 0.926. The maximum atomic E-state index is 14.1. The monoisotopic (exact) mass is 293 g/mol. The first-order chi connectivity index (χ1) is 10.1. The molecule has 1 saturated carbocycles. The first-order valence-electron chi connectivity index (χ1n) is 7.34. The highest BCUT2D eigenvalue weighted by Gasteiger charge is 2.34. The Balaban J connectivity index is 2.27. The normalized spacial score (nSPS) is 19.9. The average molecular weight is 293 g/mol. The van der Waals surface area contributed by atoms with E-state index in [-0.39, 0.29) is 18.3 Å². The summed E-state index contributed by atoms with van der Waals surface area (Å²) >= 11 is 0. The SMILES string of the molecule is CCOC(=O)NC(c1ccccc1F)C1CCCCC1=O. The van der Waals surface area contributed by atoms with Crippen molar-refractivity contribution in [2.75, 3.05) is 6.61 Å². The van der Waals surface area contributed by atoms with E-state index in [0.717, 1.165) is 12.8 Å². The number of halogens is 1. The second kappa shape index (κ2) is 7.20. The summed E-state index contributed by atoms with van der Waals surface area (Å²) < 4.78 is 18.9. The van der Waals surface area contributed by atoms with Gasteiger partial charge in [-0.15, -0.1) is 0 Å². The lowest BCUT2D eigenvalue weighted by molar-refractivity contribution is -0.125. The van der Waals surface area contributed by atoms with Crippen LogP contribution in [0.25, 0.3) is 0 Å². The highest BCUT2D eigenvalue weighted by molar-refractivity contribution is 5.83. The van der Waals surface area contributed by atoms with Crippen molar-refractivity contribution in [1.29, 1.82) is 0 Å². The van der Waals surface area contributed by atoms with Gasteiger partial charge in [-0.2, -0.15) is 0 Å². The van der Waals surface area contributed by atoms with Crippen LogP contribution in [-0.2, 0) is 9.53 Å². The van der Waals surface area contributed by atoms with Crippen LogP contribution >= 0.6 is 0 Å². The molecule has 0 aliphatic heterocycles. The maximum Gasteiger partial charge on any atom is 0.407 e. The smallest absolute Gasteiger partial charge is 0.407 e. The van der Waals surface area contributed by atoms with E-state index in [2.05, 4.69) is 5.32 Å². The molecule has 0 radical (unpaired) electrons. The van der Waals surface area contributed by atoms with E-state index in [1.54, 1.807) is 25.1 Å². The Kier molecular flexibility index (Phi) is 5.31. The number of Topliss-reactive ketones (excluding diaryl/α,β-unsaturated/α-hetero) is 1. The zero-order chi connectivity index (χ0) is 15.2. The van der Waals surface area contributed by atoms with Gasteiger partial charge in [-0.25, -0.2) is 9.18 Å². The Morgan fingerprint density at radius 3 is 2.86 bits per heavy atom. The lowest BCUT2D eigenvalue weighted by Crippen LogP contribution is -2.38. The van der Waals surface area contributed by atoms with Crippen molar-refractivity contribution in [3.05, 3.63) is 35.6 Å². The molecule has 1 amide bonds. The van der Waals surface area contributed by atoms with Gasteiger partial charge < -0.3 is 10.1 Å². The first-order valence-corrected chi connectivity index (χ1v) is 7.34. The Morgan fingerprint density at radius 1 is 1.43 bits per heavy atom. The minimum absolute atomic E-state index is 0.0753. The molecule has 1 N–H and O–H groups in total. The number of rotatable bonds is 4. The summed E-state index contributed by atoms with van der Waals surface area (Å²) in [6.07, 6.45) is 2.29. The molecule has 4 nitrogen and oxygen atoms in total. The van der Waals surface area contributed by atoms with Gasteiger partial charge in [-0.1, -0.05) is 24.6 Å². The average Bonchev–Trinajstić information content (AvgIpc) is 2.47. The van der Waals surface area contributed by atoms with E-state index >= 15 is 0 Å². The Hall–Kier alpha value is -1.91. The van der Waals surface area contributed by atoms with Crippen LogP contribution in [0.2, 0.25) is 0 Å². The van der Waals surface area contributed by atoms with Crippen molar-refractivity contribution in [2.45, 2.75) is 38.6 Å². The molecule has 5 heteroatoms. The largest absolute Gasteiger partial charge is 0.450 e. The lowest BCUT2D eigenvalue weighted by atomic mass is 9.80. The third kappa shape index (κ3) is 3.80. The molecule has 1 aromatic rings. The molecule has 2 atom stereocenters. The van der Waals surface area contributed by atoms with E-state index in [9.17, 15) is 14.0 Å². The van der Waals surface area contributed by atoms with E-state index in [1.165, 1.54) is 6.07 Å². The number of carbonyl (C=O) groups is 2. The third-order valence-corrected chi connectivity index (χ3v) is 3.79. The van der Waals surface area contributed by atoms with E-state index in [4.69, 9.17) is 4.74 Å². The number of hydrogen-bond donors (Lipinski definition) is 1. The summed E-state index contributed by atoms with van der Waals surface area (Å²) in [4.78, 5) is 23.9. The summed E-state index contributed by atoms with van der Waals surface area (Å²) in [7, 11) is 0. The van der Waals surface area contributed by atoms with Crippen LogP contribution in [0.3, 0.4) is 0 Å². The molecule has 0 saturated heterocycles. The first kappa shape index (κ1) is 15.5. The van der Waals surface area contributed by atoms with Crippen molar-refractivity contribution < 1.29 is 18.7 Å². The van der Waals surface area contributed by atoms with E-state index < -0.39 is 18.0 Å². The molecule has 2 unspecified atom stereocenters. The van der Waals surface area contributed by atoms with Gasteiger partial charge in [-0.3, -0.25) is 4.79 Å². The number of nitrogens with one attached hydrogen (secondary N) is 1. The second-order valence-corrected chi connectivity index (χ2v) is 5.18. The molecule has 114 valence electrons. The summed E-state index contributed by atoms with van der Waals surface area (Å²) in [6.45, 7) is 1.93. The molecule has 1 aliphatic rings. The Morgan fingerprint density at radius 2 is 2.19 bits per heavy atom. The zero-order valence-corrected chi connectivity index (χ0v) is 12.1. The molecule has 1 fully saturated rings. The minimum Gasteiger partial charge on any atom is -0.450 e. The molecule has 0 bridgehead atoms. The third-order valence-electron chi connectivity index (χ3n) is 3.79. The van der Waals surface area contributed by atoms with Crippen LogP contribution in [0.15, 0.2) is 24.3 Å².